The summed E-state index contributed by atoms with van der Waals surface area (Å²) in [6.45, 7) is 4.92. The third-order valence-electron chi connectivity index (χ3n) is 5.47. The summed E-state index contributed by atoms with van der Waals surface area (Å²) in [4.78, 5) is 0. The highest BCUT2D eigenvalue weighted by Crippen LogP contribution is 2.28. The van der Waals surface area contributed by atoms with E-state index in [0.717, 1.165) is 37.7 Å². The fourth-order valence-electron chi connectivity index (χ4n) is 3.95. The summed E-state index contributed by atoms with van der Waals surface area (Å²) in [7, 11) is 0. The molecule has 0 bridgehead atoms. The SMILES string of the molecule is Clc1cccc(Cl)c1Cn1cc(CNCC2CCNCC2)c2ccccc21. The van der Waals surface area contributed by atoms with Gasteiger partial charge in [-0.2, -0.15) is 0 Å². The Balaban J connectivity index is 1.54. The number of benzene rings is 2. The number of halogens is 2. The van der Waals surface area contributed by atoms with E-state index >= 15 is 0 Å². The average Bonchev–Trinajstić information content (AvgIpc) is 3.04. The van der Waals surface area contributed by atoms with Gasteiger partial charge in [-0.25, -0.2) is 0 Å². The van der Waals surface area contributed by atoms with E-state index in [2.05, 4.69) is 45.7 Å². The lowest BCUT2D eigenvalue weighted by Gasteiger charge is -2.22. The van der Waals surface area contributed by atoms with Crippen LogP contribution in [0, 0.1) is 5.92 Å². The van der Waals surface area contributed by atoms with E-state index in [9.17, 15) is 0 Å². The molecule has 0 radical (unpaired) electrons. The molecule has 0 amide bonds. The summed E-state index contributed by atoms with van der Waals surface area (Å²) in [5.74, 6) is 0.779. The number of nitrogens with one attached hydrogen (secondary N) is 2. The van der Waals surface area contributed by atoms with Crippen molar-refractivity contribution < 1.29 is 0 Å². The second kappa shape index (κ2) is 8.66. The van der Waals surface area contributed by atoms with Crippen LogP contribution in [0.1, 0.15) is 24.0 Å². The summed E-state index contributed by atoms with van der Waals surface area (Å²) in [5, 5.41) is 9.82. The van der Waals surface area contributed by atoms with Gasteiger partial charge in [-0.3, -0.25) is 0 Å². The Morgan fingerprint density at radius 1 is 1.00 bits per heavy atom. The van der Waals surface area contributed by atoms with Crippen LogP contribution in [0.15, 0.2) is 48.7 Å². The van der Waals surface area contributed by atoms with Crippen molar-refractivity contribution in [2.75, 3.05) is 19.6 Å². The molecule has 1 fully saturated rings. The fraction of sp³-hybridized carbons (Fsp3) is 0.364. The second-order valence-electron chi connectivity index (χ2n) is 7.32. The van der Waals surface area contributed by atoms with E-state index in [1.54, 1.807) is 0 Å². The van der Waals surface area contributed by atoms with E-state index in [1.807, 2.05) is 18.2 Å². The van der Waals surface area contributed by atoms with Crippen molar-refractivity contribution in [2.24, 2.45) is 5.92 Å². The van der Waals surface area contributed by atoms with Gasteiger partial charge < -0.3 is 15.2 Å². The van der Waals surface area contributed by atoms with Crippen LogP contribution >= 0.6 is 23.2 Å². The van der Waals surface area contributed by atoms with Gasteiger partial charge in [0.25, 0.3) is 0 Å². The molecule has 1 saturated heterocycles. The monoisotopic (exact) mass is 401 g/mol. The van der Waals surface area contributed by atoms with Crippen LogP contribution in [0.5, 0.6) is 0 Å². The second-order valence-corrected chi connectivity index (χ2v) is 8.14. The quantitative estimate of drug-likeness (QED) is 0.602. The minimum Gasteiger partial charge on any atom is -0.343 e. The van der Waals surface area contributed by atoms with Crippen LogP contribution < -0.4 is 10.6 Å². The molecule has 0 unspecified atom stereocenters. The molecular formula is C22H25Cl2N3. The molecule has 4 rings (SSSR count). The van der Waals surface area contributed by atoms with Crippen LogP contribution in [0.2, 0.25) is 10.0 Å². The number of hydrogen-bond donors (Lipinski definition) is 2. The molecule has 1 aliphatic heterocycles. The first-order valence-corrected chi connectivity index (χ1v) is 10.4. The summed E-state index contributed by atoms with van der Waals surface area (Å²) in [5.41, 5.74) is 3.51. The van der Waals surface area contributed by atoms with E-state index in [-0.39, 0.29) is 0 Å². The smallest absolute Gasteiger partial charge is 0.0505 e. The first kappa shape index (κ1) is 18.8. The lowest BCUT2D eigenvalue weighted by molar-refractivity contribution is 0.356. The number of fused-ring (bicyclic) bond motifs is 1. The molecule has 0 spiro atoms. The van der Waals surface area contributed by atoms with Crippen molar-refractivity contribution in [2.45, 2.75) is 25.9 Å². The Morgan fingerprint density at radius 3 is 2.52 bits per heavy atom. The zero-order valence-electron chi connectivity index (χ0n) is 15.3. The third kappa shape index (κ3) is 4.33. The predicted octanol–water partition coefficient (Wildman–Crippen LogP) is 5.09. The van der Waals surface area contributed by atoms with E-state index < -0.39 is 0 Å². The maximum atomic E-state index is 6.39. The molecule has 1 aromatic heterocycles. The molecule has 3 aromatic rings. The average molecular weight is 402 g/mol. The molecule has 3 nitrogen and oxygen atoms in total. The largest absolute Gasteiger partial charge is 0.343 e. The molecule has 5 heteroatoms. The van der Waals surface area contributed by atoms with Gasteiger partial charge in [0.15, 0.2) is 0 Å². The van der Waals surface area contributed by atoms with Crippen molar-refractivity contribution in [3.8, 4) is 0 Å². The Kier molecular flexibility index (Phi) is 6.04. The molecule has 2 heterocycles. The van der Waals surface area contributed by atoms with Crippen molar-refractivity contribution in [1.82, 2.24) is 15.2 Å². The topological polar surface area (TPSA) is 29.0 Å². The molecule has 2 N–H and O–H groups in total. The van der Waals surface area contributed by atoms with Crippen LogP contribution in [-0.4, -0.2) is 24.2 Å². The predicted molar refractivity (Wildman–Crippen MR) is 115 cm³/mol. The van der Waals surface area contributed by atoms with Crippen LogP contribution in [0.4, 0.5) is 0 Å². The lowest BCUT2D eigenvalue weighted by atomic mass is 9.98. The Hall–Kier alpha value is -1.52. The summed E-state index contributed by atoms with van der Waals surface area (Å²) in [6, 6.07) is 14.2. The highest BCUT2D eigenvalue weighted by molar-refractivity contribution is 6.36. The summed E-state index contributed by atoms with van der Waals surface area (Å²) >= 11 is 12.8. The van der Waals surface area contributed by atoms with Crippen LogP contribution in [-0.2, 0) is 13.1 Å². The normalized spacial score (nSPS) is 15.5. The zero-order chi connectivity index (χ0) is 18.6. The van der Waals surface area contributed by atoms with Gasteiger partial charge in [0, 0.05) is 39.3 Å². The van der Waals surface area contributed by atoms with Gasteiger partial charge >= 0.3 is 0 Å². The number of nitrogens with zero attached hydrogens (tertiary/aromatic N) is 1. The third-order valence-corrected chi connectivity index (χ3v) is 6.18. The van der Waals surface area contributed by atoms with Crippen molar-refractivity contribution in [1.29, 1.82) is 0 Å². The number of piperidine rings is 1. The van der Waals surface area contributed by atoms with Gasteiger partial charge in [-0.05, 0) is 62.2 Å². The zero-order valence-corrected chi connectivity index (χ0v) is 16.9. The fourth-order valence-corrected chi connectivity index (χ4v) is 4.46. The molecule has 2 aromatic carbocycles. The molecule has 1 aliphatic rings. The van der Waals surface area contributed by atoms with E-state index in [4.69, 9.17) is 23.2 Å². The van der Waals surface area contributed by atoms with Gasteiger partial charge in [0.05, 0.1) is 6.54 Å². The first-order chi connectivity index (χ1) is 13.2. The highest BCUT2D eigenvalue weighted by Gasteiger charge is 2.14. The lowest BCUT2D eigenvalue weighted by Crippen LogP contribution is -2.33. The van der Waals surface area contributed by atoms with Crippen molar-refractivity contribution >= 4 is 34.1 Å². The Bertz CT molecular complexity index is 893. The van der Waals surface area contributed by atoms with Gasteiger partial charge in [0.2, 0.25) is 0 Å². The molecule has 0 atom stereocenters. The van der Waals surface area contributed by atoms with E-state index in [0.29, 0.717) is 16.6 Å². The van der Waals surface area contributed by atoms with Crippen LogP contribution in [0.25, 0.3) is 10.9 Å². The standard InChI is InChI=1S/C22H25Cl2N3/c23-20-5-3-6-21(24)19(20)15-27-14-17(18-4-1-2-7-22(18)27)13-26-12-16-8-10-25-11-9-16/h1-7,14,16,25-26H,8-13,15H2. The first-order valence-electron chi connectivity index (χ1n) is 9.63. The number of aromatic nitrogens is 1. The molecule has 0 aliphatic carbocycles. The minimum atomic E-state index is 0.674. The molecule has 0 saturated carbocycles. The minimum absolute atomic E-state index is 0.674. The summed E-state index contributed by atoms with van der Waals surface area (Å²) in [6.07, 6.45) is 4.76. The highest BCUT2D eigenvalue weighted by atomic mass is 35.5. The number of hydrogen-bond acceptors (Lipinski definition) is 2. The van der Waals surface area contributed by atoms with Crippen molar-refractivity contribution in [3.63, 3.8) is 0 Å². The maximum absolute atomic E-state index is 6.39. The van der Waals surface area contributed by atoms with Crippen molar-refractivity contribution in [3.05, 3.63) is 69.8 Å². The summed E-state index contributed by atoms with van der Waals surface area (Å²) < 4.78 is 2.25. The Labute approximate surface area is 170 Å². The van der Waals surface area contributed by atoms with Gasteiger partial charge in [-0.1, -0.05) is 47.5 Å². The van der Waals surface area contributed by atoms with Gasteiger partial charge in [0.1, 0.15) is 0 Å². The Morgan fingerprint density at radius 2 is 1.74 bits per heavy atom. The molecule has 142 valence electrons. The molecular weight excluding hydrogens is 377 g/mol. The van der Waals surface area contributed by atoms with Crippen LogP contribution in [0.3, 0.4) is 0 Å². The van der Waals surface area contributed by atoms with E-state index in [1.165, 1.54) is 29.3 Å². The maximum Gasteiger partial charge on any atom is 0.0505 e. The van der Waals surface area contributed by atoms with Gasteiger partial charge in [-0.15, -0.1) is 0 Å². The number of rotatable bonds is 6. The molecule has 27 heavy (non-hydrogen) atoms. The number of para-hydroxylation sites is 1.